The molecule has 2 aromatic carbocycles. The predicted octanol–water partition coefficient (Wildman–Crippen LogP) is 5.06. The summed E-state index contributed by atoms with van der Waals surface area (Å²) in [5, 5.41) is 4.69. The summed E-state index contributed by atoms with van der Waals surface area (Å²) in [4.78, 5) is 17.8. The van der Waals surface area contributed by atoms with Crippen LogP contribution in [0.15, 0.2) is 77.1 Å². The quantitative estimate of drug-likeness (QED) is 0.422. The molecule has 152 valence electrons. The van der Waals surface area contributed by atoms with Crippen LogP contribution in [0, 0.1) is 5.82 Å². The van der Waals surface area contributed by atoms with E-state index in [4.69, 9.17) is 0 Å². The molecule has 2 heterocycles. The van der Waals surface area contributed by atoms with Crippen LogP contribution in [0.3, 0.4) is 0 Å². The molecule has 4 rings (SSSR count). The Kier molecular flexibility index (Phi) is 5.62. The van der Waals surface area contributed by atoms with Crippen LogP contribution >= 0.6 is 22.7 Å². The van der Waals surface area contributed by atoms with Gasteiger partial charge in [0.25, 0.3) is 15.9 Å². The van der Waals surface area contributed by atoms with Gasteiger partial charge in [-0.25, -0.2) is 17.8 Å². The SMILES string of the molecule is O=C(Nc1ccc(S(=O)(=O)Nc2nccs2)cc1)c1ccc(-c2ccc(F)cc2)s1. The lowest BCUT2D eigenvalue weighted by Crippen LogP contribution is -2.13. The molecule has 0 atom stereocenters. The first-order chi connectivity index (χ1) is 14.4. The summed E-state index contributed by atoms with van der Waals surface area (Å²) >= 11 is 2.46. The van der Waals surface area contributed by atoms with E-state index >= 15 is 0 Å². The normalized spacial score (nSPS) is 11.2. The first-order valence-corrected chi connectivity index (χ1v) is 11.8. The fraction of sp³-hybridized carbons (Fsp3) is 0. The summed E-state index contributed by atoms with van der Waals surface area (Å²) in [7, 11) is -3.75. The minimum Gasteiger partial charge on any atom is -0.321 e. The zero-order valence-electron chi connectivity index (χ0n) is 15.2. The van der Waals surface area contributed by atoms with Gasteiger partial charge in [-0.1, -0.05) is 12.1 Å². The highest BCUT2D eigenvalue weighted by Gasteiger charge is 2.16. The van der Waals surface area contributed by atoms with Crippen molar-refractivity contribution >= 4 is 49.4 Å². The van der Waals surface area contributed by atoms with Crippen molar-refractivity contribution in [3.8, 4) is 10.4 Å². The van der Waals surface area contributed by atoms with Gasteiger partial charge in [0.05, 0.1) is 9.77 Å². The molecule has 6 nitrogen and oxygen atoms in total. The Balaban J connectivity index is 1.44. The van der Waals surface area contributed by atoms with Gasteiger partial charge >= 0.3 is 0 Å². The van der Waals surface area contributed by atoms with Gasteiger partial charge in [-0.05, 0) is 54.1 Å². The van der Waals surface area contributed by atoms with Crippen LogP contribution in [0.5, 0.6) is 0 Å². The van der Waals surface area contributed by atoms with Crippen molar-refractivity contribution in [3.63, 3.8) is 0 Å². The molecule has 0 unspecified atom stereocenters. The van der Waals surface area contributed by atoms with E-state index in [2.05, 4.69) is 15.0 Å². The smallest absolute Gasteiger partial charge is 0.265 e. The second-order valence-electron chi connectivity index (χ2n) is 6.09. The molecule has 0 spiro atoms. The number of thiazole rings is 1. The third-order valence-electron chi connectivity index (χ3n) is 4.04. The van der Waals surface area contributed by atoms with E-state index in [9.17, 15) is 17.6 Å². The zero-order valence-corrected chi connectivity index (χ0v) is 17.7. The van der Waals surface area contributed by atoms with Crippen LogP contribution < -0.4 is 10.0 Å². The van der Waals surface area contributed by atoms with E-state index in [-0.39, 0.29) is 21.8 Å². The van der Waals surface area contributed by atoms with Crippen molar-refractivity contribution in [2.24, 2.45) is 0 Å². The molecule has 1 amide bonds. The highest BCUT2D eigenvalue weighted by molar-refractivity contribution is 7.93. The maximum atomic E-state index is 13.1. The number of carbonyl (C=O) groups excluding carboxylic acids is 1. The maximum absolute atomic E-state index is 13.1. The second kappa shape index (κ2) is 8.34. The number of hydrogen-bond donors (Lipinski definition) is 2. The van der Waals surface area contributed by atoms with E-state index in [1.165, 1.54) is 65.3 Å². The van der Waals surface area contributed by atoms with Crippen molar-refractivity contribution in [2.45, 2.75) is 4.90 Å². The molecule has 2 aromatic heterocycles. The lowest BCUT2D eigenvalue weighted by molar-refractivity contribution is 0.103. The number of sulfonamides is 1. The number of benzene rings is 2. The number of hydrogen-bond acceptors (Lipinski definition) is 6. The van der Waals surface area contributed by atoms with Crippen LogP contribution in [0.1, 0.15) is 9.67 Å². The van der Waals surface area contributed by atoms with E-state index in [0.717, 1.165) is 10.4 Å². The van der Waals surface area contributed by atoms with Crippen LogP contribution in [0.25, 0.3) is 10.4 Å². The van der Waals surface area contributed by atoms with E-state index in [1.807, 2.05) is 0 Å². The zero-order chi connectivity index (χ0) is 21.1. The fourth-order valence-corrected chi connectivity index (χ4v) is 5.28. The Morgan fingerprint density at radius 3 is 2.37 bits per heavy atom. The Morgan fingerprint density at radius 2 is 1.70 bits per heavy atom. The molecule has 0 saturated carbocycles. The molecule has 0 fully saturated rings. The lowest BCUT2D eigenvalue weighted by atomic mass is 10.2. The van der Waals surface area contributed by atoms with Crippen molar-refractivity contribution < 1.29 is 17.6 Å². The van der Waals surface area contributed by atoms with Crippen molar-refractivity contribution in [1.29, 1.82) is 0 Å². The summed E-state index contributed by atoms with van der Waals surface area (Å²) in [6.45, 7) is 0. The van der Waals surface area contributed by atoms with E-state index in [0.29, 0.717) is 10.6 Å². The van der Waals surface area contributed by atoms with Crippen LogP contribution in [0.4, 0.5) is 15.2 Å². The monoisotopic (exact) mass is 459 g/mol. The van der Waals surface area contributed by atoms with E-state index in [1.54, 1.807) is 29.6 Å². The number of halogens is 1. The van der Waals surface area contributed by atoms with Crippen LogP contribution in [0.2, 0.25) is 0 Å². The molecule has 0 bridgehead atoms. The van der Waals surface area contributed by atoms with Gasteiger partial charge < -0.3 is 5.32 Å². The molecular formula is C20H14FN3O3S3. The van der Waals surface area contributed by atoms with Gasteiger partial charge in [-0.2, -0.15) is 0 Å². The summed E-state index contributed by atoms with van der Waals surface area (Å²) < 4.78 is 40.2. The van der Waals surface area contributed by atoms with Gasteiger partial charge in [-0.15, -0.1) is 22.7 Å². The summed E-state index contributed by atoms with van der Waals surface area (Å²) in [5.41, 5.74) is 1.28. The fourth-order valence-electron chi connectivity index (χ4n) is 2.59. The minimum absolute atomic E-state index is 0.0606. The average Bonchev–Trinajstić information content (AvgIpc) is 3.41. The molecular weight excluding hydrogens is 445 g/mol. The number of nitrogens with zero attached hydrogens (tertiary/aromatic N) is 1. The second-order valence-corrected chi connectivity index (χ2v) is 9.75. The highest BCUT2D eigenvalue weighted by atomic mass is 32.2. The summed E-state index contributed by atoms with van der Waals surface area (Å²) in [6, 6.07) is 15.4. The molecule has 4 aromatic rings. The maximum Gasteiger partial charge on any atom is 0.265 e. The van der Waals surface area contributed by atoms with Gasteiger partial charge in [0, 0.05) is 22.1 Å². The minimum atomic E-state index is -3.75. The Labute approximate surface area is 180 Å². The third-order valence-corrected chi connectivity index (χ3v) is 7.34. The van der Waals surface area contributed by atoms with Gasteiger partial charge in [0.1, 0.15) is 5.82 Å². The number of aromatic nitrogens is 1. The van der Waals surface area contributed by atoms with Crippen molar-refractivity contribution in [2.75, 3.05) is 10.0 Å². The molecule has 0 aliphatic heterocycles. The summed E-state index contributed by atoms with van der Waals surface area (Å²) in [6.07, 6.45) is 1.51. The molecule has 0 saturated heterocycles. The lowest BCUT2D eigenvalue weighted by Gasteiger charge is -2.07. The third kappa shape index (κ3) is 4.56. The van der Waals surface area contributed by atoms with Gasteiger partial charge in [-0.3, -0.25) is 9.52 Å². The molecule has 30 heavy (non-hydrogen) atoms. The van der Waals surface area contributed by atoms with Crippen molar-refractivity contribution in [1.82, 2.24) is 4.98 Å². The topological polar surface area (TPSA) is 88.2 Å². The Hall–Kier alpha value is -3.08. The molecule has 0 radical (unpaired) electrons. The van der Waals surface area contributed by atoms with Gasteiger partial charge in [0.15, 0.2) is 5.13 Å². The molecule has 0 aliphatic rings. The molecule has 10 heteroatoms. The van der Waals surface area contributed by atoms with Gasteiger partial charge in [0.2, 0.25) is 0 Å². The van der Waals surface area contributed by atoms with E-state index < -0.39 is 10.0 Å². The molecule has 2 N–H and O–H groups in total. The summed E-state index contributed by atoms with van der Waals surface area (Å²) in [5.74, 6) is -0.634. The number of nitrogens with one attached hydrogen (secondary N) is 2. The Morgan fingerprint density at radius 1 is 0.967 bits per heavy atom. The van der Waals surface area contributed by atoms with Crippen molar-refractivity contribution in [3.05, 3.63) is 82.9 Å². The predicted molar refractivity (Wildman–Crippen MR) is 117 cm³/mol. The first-order valence-electron chi connectivity index (χ1n) is 8.60. The number of rotatable bonds is 6. The number of thiophene rings is 1. The first kappa shape index (κ1) is 20.2. The van der Waals surface area contributed by atoms with Crippen LogP contribution in [-0.4, -0.2) is 19.3 Å². The Bertz CT molecular complexity index is 1270. The standard InChI is InChI=1S/C20H14FN3O3S3/c21-14-3-1-13(2-4-14)17-9-10-18(29-17)19(25)23-15-5-7-16(8-6-15)30(26,27)24-20-22-11-12-28-20/h1-12H,(H,22,24)(H,23,25). The average molecular weight is 460 g/mol. The molecule has 0 aliphatic carbocycles. The number of anilines is 2. The highest BCUT2D eigenvalue weighted by Crippen LogP contribution is 2.29. The van der Waals surface area contributed by atoms with Crippen LogP contribution in [-0.2, 0) is 10.0 Å². The largest absolute Gasteiger partial charge is 0.321 e. The number of carbonyl (C=O) groups is 1. The number of amides is 1.